The molecule has 5 aromatic heterocycles. The number of carbonyl (C=O) groups is 12. The number of primary amides is 1. The zero-order chi connectivity index (χ0) is 81.9. The van der Waals surface area contributed by atoms with Gasteiger partial charge in [-0.2, -0.15) is 0 Å². The Kier molecular flexibility index (Phi) is 25.7. The number of esters is 1. The highest BCUT2D eigenvalue weighted by Crippen LogP contribution is 2.48. The minimum Gasteiger partial charge on any atom is -0.455 e. The number of rotatable bonds is 11. The number of thiazole rings is 4. The molecule has 5 aliphatic rings. The molecule has 5 aromatic rings. The van der Waals surface area contributed by atoms with Crippen LogP contribution in [0.3, 0.4) is 0 Å². The van der Waals surface area contributed by atoms with Crippen molar-refractivity contribution in [2.45, 2.75) is 159 Å². The number of cyclic esters (lactones) is 1. The van der Waals surface area contributed by atoms with E-state index in [0.29, 0.717) is 0 Å². The van der Waals surface area contributed by atoms with Crippen LogP contribution in [-0.2, 0) is 55.2 Å². The fraction of sp³-hybridized carbons (Fsp3) is 0.386. The third-order valence-electron chi connectivity index (χ3n) is 18.5. The molecule has 0 saturated carbocycles. The predicted molar refractivity (Wildman–Crippen MR) is 409 cm³/mol. The molecular weight excluding hydrogens is 1560 g/mol. The highest BCUT2D eigenvalue weighted by molar-refractivity contribution is 8.14. The number of nitrogens with one attached hydrogen (secondary N) is 11. The lowest BCUT2D eigenvalue weighted by Crippen LogP contribution is -2.57. The lowest BCUT2D eigenvalue weighted by Gasteiger charge is -2.41. The normalized spacial score (nSPS) is 25.9. The van der Waals surface area contributed by atoms with Crippen molar-refractivity contribution in [3.05, 3.63) is 160 Å². The molecule has 0 saturated heterocycles. The monoisotopic (exact) mass is 1630 g/mol. The number of aliphatic hydroxyl groups is 5. The minimum absolute atomic E-state index is 0.0176. The van der Waals surface area contributed by atoms with E-state index in [0.717, 1.165) is 57.1 Å². The smallest absolute Gasteiger partial charge is 0.357 e. The summed E-state index contributed by atoms with van der Waals surface area (Å²) in [6.07, 6.45) is -2.38. The highest BCUT2D eigenvalue weighted by Gasteiger charge is 2.51. The molecule has 0 unspecified atom stereocenters. The number of pyridine rings is 1. The molecule has 9 heterocycles. The zero-order valence-corrected chi connectivity index (χ0v) is 65.2. The van der Waals surface area contributed by atoms with E-state index in [-0.39, 0.29) is 89.0 Å². The largest absolute Gasteiger partial charge is 0.455 e. The molecule has 1 aliphatic carbocycles. The summed E-state index contributed by atoms with van der Waals surface area (Å²) in [5, 5.41) is 90.8. The molecule has 0 fully saturated rings. The second-order valence-corrected chi connectivity index (χ2v) is 31.4. The lowest BCUT2D eigenvalue weighted by atomic mass is 9.80. The number of hydrogen-bond acceptors (Lipinski definition) is 31. The van der Waals surface area contributed by atoms with E-state index in [2.05, 4.69) is 105 Å². The molecule has 42 heteroatoms. The molecule has 0 spiro atoms. The fourth-order valence-corrected chi connectivity index (χ4v) is 16.7. The van der Waals surface area contributed by atoms with Gasteiger partial charge in [-0.1, -0.05) is 58.4 Å². The van der Waals surface area contributed by atoms with Crippen LogP contribution < -0.4 is 64.2 Å². The van der Waals surface area contributed by atoms with Crippen LogP contribution in [0.5, 0.6) is 0 Å². The number of hydrogen-bond donors (Lipinski definition) is 17. The molecule has 13 bridgehead atoms. The Bertz CT molecular complexity index is 4880. The second kappa shape index (κ2) is 34.4. The van der Waals surface area contributed by atoms with Crippen LogP contribution in [0.15, 0.2) is 105 Å². The number of aliphatic imine (C=N–C) groups is 2. The summed E-state index contributed by atoms with van der Waals surface area (Å²) in [6.45, 7) is 24.8. The van der Waals surface area contributed by atoms with Gasteiger partial charge < -0.3 is 89.2 Å². The van der Waals surface area contributed by atoms with Gasteiger partial charge in [-0.3, -0.25) is 68.0 Å². The summed E-state index contributed by atoms with van der Waals surface area (Å²) >= 11 is 4.39. The van der Waals surface area contributed by atoms with Gasteiger partial charge in [-0.15, -0.1) is 57.1 Å². The molecule has 37 nitrogen and oxygen atoms in total. The first-order valence-electron chi connectivity index (χ1n) is 34.3. The van der Waals surface area contributed by atoms with Crippen LogP contribution in [0.25, 0.3) is 6.08 Å². The first-order valence-corrected chi connectivity index (χ1v) is 38.8. The van der Waals surface area contributed by atoms with Crippen molar-refractivity contribution in [1.82, 2.24) is 83.4 Å². The maximum absolute atomic E-state index is 15.3. The third-order valence-corrected chi connectivity index (χ3v) is 23.3. The predicted octanol–water partition coefficient (Wildman–Crippen LogP) is -0.0520. The Labute approximate surface area is 658 Å². The Morgan fingerprint density at radius 3 is 2.12 bits per heavy atom. The first-order chi connectivity index (χ1) is 52.8. The number of carbonyl (C=O) groups excluding carboxylic acids is 12. The van der Waals surface area contributed by atoms with Crippen molar-refractivity contribution in [1.29, 1.82) is 0 Å². The van der Waals surface area contributed by atoms with Crippen LogP contribution in [-0.4, -0.2) is 192 Å². The van der Waals surface area contributed by atoms with Gasteiger partial charge in [-0.25, -0.2) is 29.7 Å². The zero-order valence-electron chi connectivity index (χ0n) is 61.1. The summed E-state index contributed by atoms with van der Waals surface area (Å²) in [5.41, 5.74) is -2.54. The van der Waals surface area contributed by atoms with Crippen molar-refractivity contribution in [2.24, 2.45) is 21.6 Å². The molecule has 112 heavy (non-hydrogen) atoms. The number of thioether (sulfide) groups is 1. The Hall–Kier alpha value is -10.8. The average molecular weight is 1630 g/mol. The van der Waals surface area contributed by atoms with Crippen LogP contribution >= 0.6 is 57.1 Å². The molecule has 11 amide bonds. The van der Waals surface area contributed by atoms with Crippen molar-refractivity contribution in [3.8, 4) is 0 Å². The summed E-state index contributed by atoms with van der Waals surface area (Å²) in [6, 6.07) is -10.4. The van der Waals surface area contributed by atoms with Gasteiger partial charge >= 0.3 is 5.97 Å². The van der Waals surface area contributed by atoms with E-state index in [4.69, 9.17) is 25.4 Å². The van der Waals surface area contributed by atoms with Gasteiger partial charge in [0.2, 0.25) is 23.6 Å². The fourth-order valence-electron chi connectivity index (χ4n) is 11.9. The van der Waals surface area contributed by atoms with E-state index in [1.54, 1.807) is 20.8 Å². The molecule has 14 atom stereocenters. The number of aliphatic hydroxyl groups excluding tert-OH is 4. The Morgan fingerprint density at radius 2 is 1.45 bits per heavy atom. The molecule has 0 radical (unpaired) electrons. The van der Waals surface area contributed by atoms with Crippen molar-refractivity contribution >= 4 is 145 Å². The number of amides is 11. The summed E-state index contributed by atoms with van der Waals surface area (Å²) in [4.78, 5) is 202. The molecule has 10 rings (SSSR count). The van der Waals surface area contributed by atoms with Crippen LogP contribution in [0.4, 0.5) is 0 Å². The van der Waals surface area contributed by atoms with E-state index in [1.807, 2.05) is 0 Å². The van der Waals surface area contributed by atoms with Gasteiger partial charge in [0.1, 0.15) is 107 Å². The van der Waals surface area contributed by atoms with Crippen molar-refractivity contribution < 1.29 is 87.8 Å². The number of ether oxygens (including phenoxy) is 1. The van der Waals surface area contributed by atoms with Crippen LogP contribution in [0.2, 0.25) is 0 Å². The molecule has 4 aliphatic heterocycles. The number of nitrogens with two attached hydrogens (primary N) is 1. The van der Waals surface area contributed by atoms with Crippen molar-refractivity contribution in [3.63, 3.8) is 0 Å². The summed E-state index contributed by atoms with van der Waals surface area (Å²) in [5.74, 6) is -12.7. The first kappa shape index (κ1) is 83.7. The lowest BCUT2D eigenvalue weighted by molar-refractivity contribution is -0.129. The van der Waals surface area contributed by atoms with Gasteiger partial charge in [0, 0.05) is 32.8 Å². The van der Waals surface area contributed by atoms with E-state index >= 15 is 9.59 Å². The van der Waals surface area contributed by atoms with Gasteiger partial charge in [0.25, 0.3) is 41.4 Å². The molecule has 0 aromatic carbocycles. The van der Waals surface area contributed by atoms with Gasteiger partial charge in [-0.05, 0) is 71.9 Å². The van der Waals surface area contributed by atoms with Gasteiger partial charge in [0.15, 0.2) is 0 Å². The van der Waals surface area contributed by atoms with Crippen molar-refractivity contribution in [2.75, 3.05) is 5.75 Å². The van der Waals surface area contributed by atoms with E-state index < -0.39 is 202 Å². The third kappa shape index (κ3) is 18.1. The maximum Gasteiger partial charge on any atom is 0.357 e. The van der Waals surface area contributed by atoms with Crippen LogP contribution in [0.1, 0.15) is 177 Å². The highest BCUT2D eigenvalue weighted by atomic mass is 32.2. The second-order valence-electron chi connectivity index (χ2n) is 26.9. The minimum atomic E-state index is -2.21. The average Bonchev–Trinajstić information content (AvgIpc) is 1.46. The molecule has 592 valence electrons. The number of aromatic nitrogens is 5. The van der Waals surface area contributed by atoms with Crippen LogP contribution in [0, 0.1) is 5.92 Å². The van der Waals surface area contributed by atoms with E-state index in [9.17, 15) is 73.5 Å². The number of allylic oxidation sites excluding steroid dienone is 1. The topological polar surface area (TPSA) is 563 Å². The standard InChI is InChI=1S/C70H79N19O18S5/c1-13-36-63-82-43(22-108-63)60(102)88-51(69(12,106)33(11)92)66-84-42(23-111-66)58(100)87-47-32(10)107-67(105)39-18-34(19-90)35-14-15-37(49(93)48(35)78-39)77-45(25(2)3)61(103)76-29(7)55(97)73-27(5)54(96)74-30(8)56(98)89-70(68-85-44(24-112-68)59(101)86-46(31(9)91)62(104)80-36)17-16-38(79-50(70)40-20-110-65(47)81-40)64-83-41(21-109-64)57(99)75-28(6)53(95)72-26(4)52(71)94/h13-15,18,20-21,23-25,30-33,37,43,45-47,49-51,77,90-93,106H,4-7,16-17,19,22H2,1-3,8-12H3,(H2,71,94)(H,72,95)(H,73,97)(H,74,96)(H,75,99)(H,76,103)(H,80,104)(H,86,101)(H,87,100)(H,88,102)(H,89,98)/t30-,31-,32-,33+,37-,43-,45+,46-,47-,49-,50+,51+,69+,70+/m0/s1. The summed E-state index contributed by atoms with van der Waals surface area (Å²) < 4.78 is 6.20. The number of fused-ring (bicyclic) bond motifs is 7. The van der Waals surface area contributed by atoms with Gasteiger partial charge in [0.05, 0.1) is 76.5 Å². The molecule has 18 N–H and O–H groups in total. The maximum atomic E-state index is 15.3. The Morgan fingerprint density at radius 1 is 0.768 bits per heavy atom. The van der Waals surface area contributed by atoms with E-state index in [1.165, 1.54) is 80.4 Å². The quantitative estimate of drug-likeness (QED) is 0.0609. The SMILES string of the molecule is C=C(NC(=O)C(=C)NC(=O)c1csc(C2=N[C@@H]3c4csc(n4)[C@H]4NC(=O)c5csc(n5)[C@H]([C@](C)(O)[C@@H](C)O)NC(=O)[C@@H]5CSC(=N5)C(=CC)NC(=O)[C@H]([C@H](C)O)NC(=O)c5csc(n5)[C@]3(CC2)NC(=O)[C@H](C)NC(=O)C(=C)NC(=O)C(=C)NC(=O)[C@@H](C(C)C)N[C@H]2C=Cc3c(CO)cc(nc3[C@H]2O)C(=O)O[C@H]4C)n1)C(N)=O. The number of nitrogens with zero attached hydrogens (tertiary/aromatic N) is 7. The summed E-state index contributed by atoms with van der Waals surface area (Å²) in [7, 11) is 0. The Balaban J connectivity index is 1.17. The molecular formula is C70H79N19O18S5.